The molecule has 0 bridgehead atoms. The lowest BCUT2D eigenvalue weighted by Crippen LogP contribution is -1.86. The van der Waals surface area contributed by atoms with Gasteiger partial charge in [-0.3, -0.25) is 10.1 Å². The van der Waals surface area contributed by atoms with E-state index < -0.39 is 4.92 Å². The summed E-state index contributed by atoms with van der Waals surface area (Å²) in [6, 6.07) is 13.4. The van der Waals surface area contributed by atoms with Crippen molar-refractivity contribution < 1.29 is 9.34 Å². The van der Waals surface area contributed by atoms with Crippen LogP contribution in [-0.4, -0.2) is 15.1 Å². The molecule has 24 heavy (non-hydrogen) atoms. The predicted octanol–water partition coefficient (Wildman–Crippen LogP) is 5.14. The van der Waals surface area contributed by atoms with Crippen molar-refractivity contribution in [3.05, 3.63) is 74.6 Å². The van der Waals surface area contributed by atoms with Crippen molar-refractivity contribution in [2.24, 2.45) is 0 Å². The maximum absolute atomic E-state index is 10.6. The van der Waals surface area contributed by atoms with Crippen LogP contribution in [0.2, 0.25) is 0 Å². The Bertz CT molecular complexity index is 922. The second kappa shape index (κ2) is 6.94. The highest BCUT2D eigenvalue weighted by molar-refractivity contribution is 9.10. The molecule has 120 valence electrons. The molecule has 0 amide bonds. The first kappa shape index (κ1) is 16.4. The molecule has 0 saturated heterocycles. The number of hydrogen-bond donors (Lipinski definition) is 0. The molecule has 2 aromatic carbocycles. The van der Waals surface area contributed by atoms with Crippen LogP contribution in [0.15, 0.2) is 57.4 Å². The van der Waals surface area contributed by atoms with Gasteiger partial charge < -0.3 is 4.42 Å². The average molecular weight is 407 g/mol. The van der Waals surface area contributed by atoms with Crippen LogP contribution in [0.25, 0.3) is 22.6 Å². The number of nitro benzene ring substituents is 1. The molecule has 1 heterocycles. The van der Waals surface area contributed by atoms with Crippen LogP contribution in [0.3, 0.4) is 0 Å². The number of nitrogens with zero attached hydrogens (tertiary/aromatic N) is 3. The Labute approximate surface area is 150 Å². The minimum absolute atomic E-state index is 0.0114. The SMILES string of the molecule is O=[N+]([O-])c1ccc(/C=C(\Cl)c2nnc(-c3ccccc3Br)o2)cc1. The highest BCUT2D eigenvalue weighted by atomic mass is 79.9. The molecule has 1 aromatic heterocycles. The maximum Gasteiger partial charge on any atom is 0.269 e. The van der Waals surface area contributed by atoms with E-state index in [1.54, 1.807) is 18.2 Å². The van der Waals surface area contributed by atoms with Crippen LogP contribution in [0.5, 0.6) is 0 Å². The molecule has 0 fully saturated rings. The molecule has 3 rings (SSSR count). The Kier molecular flexibility index (Phi) is 4.73. The zero-order valence-corrected chi connectivity index (χ0v) is 14.4. The molecule has 0 spiro atoms. The lowest BCUT2D eigenvalue weighted by atomic mass is 10.2. The average Bonchev–Trinajstić information content (AvgIpc) is 3.05. The van der Waals surface area contributed by atoms with Gasteiger partial charge in [-0.1, -0.05) is 23.7 Å². The van der Waals surface area contributed by atoms with Crippen molar-refractivity contribution in [1.82, 2.24) is 10.2 Å². The molecule has 0 aliphatic carbocycles. The molecule has 0 aliphatic rings. The van der Waals surface area contributed by atoms with Gasteiger partial charge in [0.1, 0.15) is 5.03 Å². The van der Waals surface area contributed by atoms with Crippen LogP contribution in [0.1, 0.15) is 11.5 Å². The van der Waals surface area contributed by atoms with Gasteiger partial charge in [-0.15, -0.1) is 10.2 Å². The van der Waals surface area contributed by atoms with Gasteiger partial charge in [0.25, 0.3) is 11.6 Å². The number of benzene rings is 2. The quantitative estimate of drug-likeness (QED) is 0.442. The Morgan fingerprint density at radius 2 is 1.88 bits per heavy atom. The van der Waals surface area contributed by atoms with Crippen LogP contribution in [-0.2, 0) is 0 Å². The van der Waals surface area contributed by atoms with Gasteiger partial charge in [0.15, 0.2) is 0 Å². The Hall–Kier alpha value is -2.51. The van der Waals surface area contributed by atoms with E-state index in [0.717, 1.165) is 10.0 Å². The van der Waals surface area contributed by atoms with E-state index in [1.807, 2.05) is 24.3 Å². The van der Waals surface area contributed by atoms with Crippen molar-refractivity contribution in [3.63, 3.8) is 0 Å². The summed E-state index contributed by atoms with van der Waals surface area (Å²) in [6.07, 6.45) is 1.60. The molecular weight excluding hydrogens is 398 g/mol. The summed E-state index contributed by atoms with van der Waals surface area (Å²) in [5.74, 6) is 0.508. The lowest BCUT2D eigenvalue weighted by molar-refractivity contribution is -0.384. The van der Waals surface area contributed by atoms with E-state index in [9.17, 15) is 10.1 Å². The summed E-state index contributed by atoms with van der Waals surface area (Å²) in [5, 5.41) is 18.8. The first-order chi connectivity index (χ1) is 11.5. The molecular formula is C16H9BrClN3O3. The number of nitro groups is 1. The predicted molar refractivity (Wildman–Crippen MR) is 94.3 cm³/mol. The van der Waals surface area contributed by atoms with E-state index in [1.165, 1.54) is 12.1 Å². The molecule has 0 atom stereocenters. The fraction of sp³-hybridized carbons (Fsp3) is 0. The van der Waals surface area contributed by atoms with Gasteiger partial charge in [0, 0.05) is 16.6 Å². The second-order valence-electron chi connectivity index (χ2n) is 4.73. The largest absolute Gasteiger partial charge is 0.415 e. The highest BCUT2D eigenvalue weighted by Crippen LogP contribution is 2.29. The van der Waals surface area contributed by atoms with Crippen LogP contribution >= 0.6 is 27.5 Å². The second-order valence-corrected chi connectivity index (χ2v) is 5.99. The zero-order chi connectivity index (χ0) is 17.1. The number of non-ortho nitro benzene ring substituents is 1. The summed E-state index contributed by atoms with van der Waals surface area (Å²) in [5.41, 5.74) is 1.46. The van der Waals surface area contributed by atoms with E-state index in [-0.39, 0.29) is 16.6 Å². The monoisotopic (exact) mass is 405 g/mol. The summed E-state index contributed by atoms with van der Waals surface area (Å²) >= 11 is 9.62. The number of hydrogen-bond acceptors (Lipinski definition) is 5. The van der Waals surface area contributed by atoms with E-state index in [0.29, 0.717) is 11.5 Å². The third-order valence-corrected chi connectivity index (χ3v) is 4.09. The van der Waals surface area contributed by atoms with Crippen molar-refractivity contribution in [1.29, 1.82) is 0 Å². The summed E-state index contributed by atoms with van der Waals surface area (Å²) < 4.78 is 6.42. The lowest BCUT2D eigenvalue weighted by Gasteiger charge is -1.97. The van der Waals surface area contributed by atoms with E-state index >= 15 is 0 Å². The van der Waals surface area contributed by atoms with Crippen molar-refractivity contribution in [2.45, 2.75) is 0 Å². The van der Waals surface area contributed by atoms with E-state index in [4.69, 9.17) is 16.0 Å². The zero-order valence-electron chi connectivity index (χ0n) is 12.0. The Morgan fingerprint density at radius 1 is 1.17 bits per heavy atom. The van der Waals surface area contributed by atoms with Crippen LogP contribution < -0.4 is 0 Å². The summed E-state index contributed by atoms with van der Waals surface area (Å²) in [4.78, 5) is 10.2. The number of aromatic nitrogens is 2. The fourth-order valence-corrected chi connectivity index (χ4v) is 2.62. The first-order valence-electron chi connectivity index (χ1n) is 6.75. The van der Waals surface area contributed by atoms with E-state index in [2.05, 4.69) is 26.1 Å². The molecule has 0 radical (unpaired) electrons. The first-order valence-corrected chi connectivity index (χ1v) is 7.92. The van der Waals surface area contributed by atoms with Gasteiger partial charge in [0.2, 0.25) is 5.89 Å². The number of rotatable bonds is 4. The minimum Gasteiger partial charge on any atom is -0.415 e. The Morgan fingerprint density at radius 3 is 2.54 bits per heavy atom. The van der Waals surface area contributed by atoms with Crippen molar-refractivity contribution in [2.75, 3.05) is 0 Å². The van der Waals surface area contributed by atoms with Crippen LogP contribution in [0, 0.1) is 10.1 Å². The van der Waals surface area contributed by atoms with Crippen molar-refractivity contribution >= 4 is 44.3 Å². The van der Waals surface area contributed by atoms with Gasteiger partial charge in [-0.05, 0) is 51.8 Å². The normalized spacial score (nSPS) is 11.5. The van der Waals surface area contributed by atoms with Gasteiger partial charge in [-0.2, -0.15) is 0 Å². The topological polar surface area (TPSA) is 82.1 Å². The highest BCUT2D eigenvalue weighted by Gasteiger charge is 2.13. The number of halogens is 2. The van der Waals surface area contributed by atoms with Crippen LogP contribution in [0.4, 0.5) is 5.69 Å². The maximum atomic E-state index is 10.6. The summed E-state index contributed by atoms with van der Waals surface area (Å²) in [7, 11) is 0. The standard InChI is InChI=1S/C16H9BrClN3O3/c17-13-4-2-1-3-12(13)15-19-20-16(24-15)14(18)9-10-5-7-11(8-6-10)21(22)23/h1-9H/b14-9-. The molecule has 0 aliphatic heterocycles. The van der Waals surface area contributed by atoms with Gasteiger partial charge in [-0.25, -0.2) is 0 Å². The molecule has 0 unspecified atom stereocenters. The van der Waals surface area contributed by atoms with Gasteiger partial charge in [0.05, 0.1) is 10.5 Å². The minimum atomic E-state index is -0.461. The molecule has 0 N–H and O–H groups in total. The third kappa shape index (κ3) is 3.52. The fourth-order valence-electron chi connectivity index (χ4n) is 1.96. The smallest absolute Gasteiger partial charge is 0.269 e. The van der Waals surface area contributed by atoms with Gasteiger partial charge >= 0.3 is 0 Å². The molecule has 3 aromatic rings. The van der Waals surface area contributed by atoms with Crippen molar-refractivity contribution in [3.8, 4) is 11.5 Å². The summed E-state index contributed by atoms with van der Waals surface area (Å²) in [6.45, 7) is 0. The Balaban J connectivity index is 1.86. The molecule has 8 heteroatoms. The third-order valence-electron chi connectivity index (χ3n) is 3.13. The molecule has 6 nitrogen and oxygen atoms in total. The molecule has 0 saturated carbocycles.